The molecule has 0 saturated heterocycles. The average Bonchev–Trinajstić information content (AvgIpc) is 2.47. The molecule has 0 spiro atoms. The molecule has 112 valence electrons. The van der Waals surface area contributed by atoms with Crippen molar-refractivity contribution in [3.05, 3.63) is 29.8 Å². The van der Waals surface area contributed by atoms with Crippen LogP contribution in [0.2, 0.25) is 0 Å². The molecule has 5 nitrogen and oxygen atoms in total. The monoisotopic (exact) mass is 282 g/mol. The van der Waals surface area contributed by atoms with E-state index in [1.165, 1.54) is 0 Å². The van der Waals surface area contributed by atoms with Crippen LogP contribution in [0.5, 0.6) is 5.75 Å². The fourth-order valence-corrected chi connectivity index (χ4v) is 1.53. The molecule has 0 aliphatic rings. The molecule has 20 heavy (non-hydrogen) atoms. The fourth-order valence-electron chi connectivity index (χ4n) is 1.53. The average molecular weight is 282 g/mol. The Labute approximate surface area is 119 Å². The Morgan fingerprint density at radius 2 is 1.80 bits per heavy atom. The summed E-state index contributed by atoms with van der Waals surface area (Å²) in [6, 6.07) is 6.87. The van der Waals surface area contributed by atoms with E-state index in [0.29, 0.717) is 44.3 Å². The maximum absolute atomic E-state index is 11.4. The normalized spacial score (nSPS) is 10.3. The zero-order valence-electron chi connectivity index (χ0n) is 12.1. The first kappa shape index (κ1) is 16.5. The van der Waals surface area contributed by atoms with E-state index in [1.807, 2.05) is 0 Å². The maximum Gasteiger partial charge on any atom is 0.338 e. The zero-order chi connectivity index (χ0) is 14.6. The Morgan fingerprint density at radius 1 is 1.05 bits per heavy atom. The molecule has 0 aliphatic carbocycles. The summed E-state index contributed by atoms with van der Waals surface area (Å²) < 4.78 is 20.7. The van der Waals surface area contributed by atoms with Crippen LogP contribution in [0, 0.1) is 0 Å². The fraction of sp³-hybridized carbons (Fsp3) is 0.533. The van der Waals surface area contributed by atoms with E-state index in [4.69, 9.17) is 18.9 Å². The number of rotatable bonds is 10. The minimum Gasteiger partial charge on any atom is -0.491 e. The Kier molecular flexibility index (Phi) is 8.42. The molecule has 0 heterocycles. The van der Waals surface area contributed by atoms with Crippen LogP contribution >= 0.6 is 0 Å². The predicted molar refractivity (Wildman–Crippen MR) is 75.2 cm³/mol. The molecule has 0 atom stereocenters. The van der Waals surface area contributed by atoms with E-state index in [-0.39, 0.29) is 5.97 Å². The number of carbonyl (C=O) groups excluding carboxylic acids is 1. The lowest BCUT2D eigenvalue weighted by Gasteiger charge is -2.08. The van der Waals surface area contributed by atoms with Crippen molar-refractivity contribution in [2.45, 2.75) is 13.3 Å². The van der Waals surface area contributed by atoms with Gasteiger partial charge in [0.05, 0.1) is 18.8 Å². The second-order valence-electron chi connectivity index (χ2n) is 4.05. The highest BCUT2D eigenvalue weighted by atomic mass is 16.5. The summed E-state index contributed by atoms with van der Waals surface area (Å²) in [5, 5.41) is 0. The van der Waals surface area contributed by atoms with Crippen molar-refractivity contribution in [2.75, 3.05) is 40.1 Å². The maximum atomic E-state index is 11.4. The van der Waals surface area contributed by atoms with E-state index in [1.54, 1.807) is 38.3 Å². The molecule has 1 aromatic carbocycles. The number of methoxy groups -OCH3 is 1. The highest BCUT2D eigenvalue weighted by Crippen LogP contribution is 2.12. The van der Waals surface area contributed by atoms with Crippen LogP contribution < -0.4 is 4.74 Å². The van der Waals surface area contributed by atoms with E-state index in [2.05, 4.69) is 0 Å². The van der Waals surface area contributed by atoms with Gasteiger partial charge in [-0.05, 0) is 37.6 Å². The van der Waals surface area contributed by atoms with Gasteiger partial charge in [-0.1, -0.05) is 0 Å². The number of hydrogen-bond acceptors (Lipinski definition) is 5. The molecule has 0 radical (unpaired) electrons. The molecule has 5 heteroatoms. The lowest BCUT2D eigenvalue weighted by atomic mass is 10.2. The molecule has 0 bridgehead atoms. The Bertz CT molecular complexity index is 374. The summed E-state index contributed by atoms with van der Waals surface area (Å²) in [5.74, 6) is 0.388. The molecule has 0 aliphatic heterocycles. The van der Waals surface area contributed by atoms with Crippen molar-refractivity contribution in [3.63, 3.8) is 0 Å². The third-order valence-electron chi connectivity index (χ3n) is 2.50. The van der Waals surface area contributed by atoms with Crippen LogP contribution in [0.3, 0.4) is 0 Å². The lowest BCUT2D eigenvalue weighted by molar-refractivity contribution is 0.0526. The predicted octanol–water partition coefficient (Wildman–Crippen LogP) is 2.30. The topological polar surface area (TPSA) is 54.0 Å². The summed E-state index contributed by atoms with van der Waals surface area (Å²) in [7, 11) is 1.67. The highest BCUT2D eigenvalue weighted by Gasteiger charge is 2.05. The molecule has 1 rings (SSSR count). The van der Waals surface area contributed by atoms with Gasteiger partial charge in [-0.25, -0.2) is 4.79 Å². The van der Waals surface area contributed by atoms with Gasteiger partial charge in [0.2, 0.25) is 0 Å². The van der Waals surface area contributed by atoms with Crippen molar-refractivity contribution in [2.24, 2.45) is 0 Å². The third-order valence-corrected chi connectivity index (χ3v) is 2.50. The number of ether oxygens (including phenoxy) is 4. The summed E-state index contributed by atoms with van der Waals surface area (Å²) in [6.45, 7) is 4.53. The summed E-state index contributed by atoms with van der Waals surface area (Å²) in [6.07, 6.45) is 0.880. The second-order valence-corrected chi connectivity index (χ2v) is 4.05. The number of benzene rings is 1. The molecule has 0 fully saturated rings. The van der Waals surface area contributed by atoms with Crippen molar-refractivity contribution >= 4 is 5.97 Å². The lowest BCUT2D eigenvalue weighted by Crippen LogP contribution is -2.09. The summed E-state index contributed by atoms with van der Waals surface area (Å²) >= 11 is 0. The van der Waals surface area contributed by atoms with Gasteiger partial charge >= 0.3 is 5.97 Å². The number of hydrogen-bond donors (Lipinski definition) is 0. The van der Waals surface area contributed by atoms with Crippen LogP contribution in [0.4, 0.5) is 0 Å². The zero-order valence-corrected chi connectivity index (χ0v) is 12.1. The van der Waals surface area contributed by atoms with Gasteiger partial charge in [-0.2, -0.15) is 0 Å². The van der Waals surface area contributed by atoms with E-state index in [9.17, 15) is 4.79 Å². The van der Waals surface area contributed by atoms with E-state index in [0.717, 1.165) is 6.42 Å². The molecular formula is C15H22O5. The standard InChI is InChI=1S/C15H22O5/c1-3-19-15(16)13-5-7-14(8-6-13)20-12-11-18-10-4-9-17-2/h5-8H,3-4,9-12H2,1-2H3. The van der Waals surface area contributed by atoms with Gasteiger partial charge in [-0.15, -0.1) is 0 Å². The first-order valence-corrected chi connectivity index (χ1v) is 6.74. The quantitative estimate of drug-likeness (QED) is 0.487. The summed E-state index contributed by atoms with van der Waals surface area (Å²) in [5.41, 5.74) is 0.523. The van der Waals surface area contributed by atoms with Gasteiger partial charge in [0.25, 0.3) is 0 Å². The van der Waals surface area contributed by atoms with Gasteiger partial charge in [0.15, 0.2) is 0 Å². The van der Waals surface area contributed by atoms with Gasteiger partial charge in [-0.3, -0.25) is 0 Å². The first-order chi connectivity index (χ1) is 9.77. The van der Waals surface area contributed by atoms with E-state index >= 15 is 0 Å². The summed E-state index contributed by atoms with van der Waals surface area (Å²) in [4.78, 5) is 11.4. The van der Waals surface area contributed by atoms with E-state index < -0.39 is 0 Å². The number of esters is 1. The Balaban J connectivity index is 2.20. The van der Waals surface area contributed by atoms with Crippen LogP contribution in [-0.4, -0.2) is 46.1 Å². The molecule has 0 N–H and O–H groups in total. The van der Waals surface area contributed by atoms with Crippen molar-refractivity contribution in [1.29, 1.82) is 0 Å². The number of carbonyl (C=O) groups is 1. The Hall–Kier alpha value is -1.59. The van der Waals surface area contributed by atoms with Crippen molar-refractivity contribution < 1.29 is 23.7 Å². The molecule has 0 amide bonds. The second kappa shape index (κ2) is 10.2. The van der Waals surface area contributed by atoms with Crippen molar-refractivity contribution in [3.8, 4) is 5.75 Å². The van der Waals surface area contributed by atoms with Crippen molar-refractivity contribution in [1.82, 2.24) is 0 Å². The highest BCUT2D eigenvalue weighted by molar-refractivity contribution is 5.89. The third kappa shape index (κ3) is 6.54. The molecule has 0 saturated carbocycles. The van der Waals surface area contributed by atoms with Gasteiger partial charge in [0.1, 0.15) is 12.4 Å². The van der Waals surface area contributed by atoms with Crippen LogP contribution in [0.1, 0.15) is 23.7 Å². The van der Waals surface area contributed by atoms with Gasteiger partial charge < -0.3 is 18.9 Å². The molecule has 0 aromatic heterocycles. The van der Waals surface area contributed by atoms with Crippen LogP contribution in [0.15, 0.2) is 24.3 Å². The smallest absolute Gasteiger partial charge is 0.338 e. The SMILES string of the molecule is CCOC(=O)c1ccc(OCCOCCCOC)cc1. The molecule has 0 unspecified atom stereocenters. The van der Waals surface area contributed by atoms with Crippen LogP contribution in [0.25, 0.3) is 0 Å². The molecular weight excluding hydrogens is 260 g/mol. The largest absolute Gasteiger partial charge is 0.491 e. The van der Waals surface area contributed by atoms with Crippen LogP contribution in [-0.2, 0) is 14.2 Å². The first-order valence-electron chi connectivity index (χ1n) is 6.74. The Morgan fingerprint density at radius 3 is 2.45 bits per heavy atom. The molecule has 1 aromatic rings. The minimum absolute atomic E-state index is 0.319. The minimum atomic E-state index is -0.319. The van der Waals surface area contributed by atoms with Gasteiger partial charge in [0, 0.05) is 20.3 Å².